The van der Waals surface area contributed by atoms with E-state index in [-0.39, 0.29) is 11.6 Å². The van der Waals surface area contributed by atoms with Gasteiger partial charge in [0.1, 0.15) is 11.5 Å². The van der Waals surface area contributed by atoms with Crippen LogP contribution in [0.5, 0.6) is 0 Å². The van der Waals surface area contributed by atoms with E-state index >= 15 is 0 Å². The van der Waals surface area contributed by atoms with Crippen molar-refractivity contribution < 1.29 is 31.4 Å². The third-order valence-corrected chi connectivity index (χ3v) is 5.25. The van der Waals surface area contributed by atoms with Crippen LogP contribution in [-0.2, 0) is 15.7 Å². The second kappa shape index (κ2) is 6.37. The normalized spacial score (nSPS) is 24.2. The van der Waals surface area contributed by atoms with Crippen LogP contribution in [0.15, 0.2) is 22.4 Å². The van der Waals surface area contributed by atoms with Crippen molar-refractivity contribution in [3.8, 4) is 0 Å². The maximum absolute atomic E-state index is 14.5. The van der Waals surface area contributed by atoms with E-state index < -0.39 is 42.6 Å². The molecule has 1 aliphatic carbocycles. The Morgan fingerprint density at radius 1 is 1.27 bits per heavy atom. The molecule has 1 aliphatic heterocycles. The number of hydrogen-bond donors (Lipinski definition) is 0. The first-order chi connectivity index (χ1) is 11.9. The molecule has 144 valence electrons. The number of nitrogens with zero attached hydrogens (tertiary/aromatic N) is 1. The standard InChI is InChI=1S/C17H22BF4NO3/c1-15(2)16(3,4)26-18(25-15)14(19)8-11(17(20,21)22)7-12-9-13(24-23-12)10-5-6-10/h8-11H,5-7H2,1-4H3. The molecule has 0 radical (unpaired) electrons. The SMILES string of the molecule is CC1(C)OB(C(F)=CC(Cc2cc(C3CC3)on2)C(F)(F)F)OC1(C)C. The largest absolute Gasteiger partial charge is 0.524 e. The lowest BCUT2D eigenvalue weighted by atomic mass is 9.85. The third kappa shape index (κ3) is 3.98. The fraction of sp³-hybridized carbons (Fsp3) is 0.706. The van der Waals surface area contributed by atoms with Gasteiger partial charge in [0, 0.05) is 18.4 Å². The minimum atomic E-state index is -4.63. The molecule has 1 saturated heterocycles. The van der Waals surface area contributed by atoms with Gasteiger partial charge in [0.15, 0.2) is 0 Å². The summed E-state index contributed by atoms with van der Waals surface area (Å²) >= 11 is 0. The van der Waals surface area contributed by atoms with Crippen LogP contribution in [0, 0.1) is 5.92 Å². The second-order valence-electron chi connectivity index (χ2n) is 7.99. The fourth-order valence-electron chi connectivity index (χ4n) is 2.71. The van der Waals surface area contributed by atoms with Crippen molar-refractivity contribution in [1.29, 1.82) is 0 Å². The molecular formula is C17H22BF4NO3. The van der Waals surface area contributed by atoms with Gasteiger partial charge >= 0.3 is 13.3 Å². The Hall–Kier alpha value is -1.35. The van der Waals surface area contributed by atoms with E-state index in [0.29, 0.717) is 11.8 Å². The predicted molar refractivity (Wildman–Crippen MR) is 87.0 cm³/mol. The zero-order chi connectivity index (χ0) is 19.3. The summed E-state index contributed by atoms with van der Waals surface area (Å²) in [5, 5.41) is 3.69. The highest BCUT2D eigenvalue weighted by Gasteiger charge is 2.53. The van der Waals surface area contributed by atoms with Crippen LogP contribution in [0.1, 0.15) is 57.9 Å². The fourth-order valence-corrected chi connectivity index (χ4v) is 2.71. The predicted octanol–water partition coefficient (Wildman–Crippen LogP) is 4.76. The van der Waals surface area contributed by atoms with E-state index in [1.54, 1.807) is 27.7 Å². The van der Waals surface area contributed by atoms with Crippen molar-refractivity contribution in [2.24, 2.45) is 5.92 Å². The zero-order valence-electron chi connectivity index (χ0n) is 15.2. The van der Waals surface area contributed by atoms with E-state index in [1.165, 1.54) is 6.07 Å². The third-order valence-electron chi connectivity index (χ3n) is 5.25. The molecule has 2 aliphatic rings. The van der Waals surface area contributed by atoms with Crippen molar-refractivity contribution in [2.45, 2.75) is 70.3 Å². The monoisotopic (exact) mass is 375 g/mol. The topological polar surface area (TPSA) is 44.5 Å². The molecule has 1 aromatic rings. The Balaban J connectivity index is 1.76. The number of alkyl halides is 3. The van der Waals surface area contributed by atoms with Crippen LogP contribution in [0.25, 0.3) is 0 Å². The molecule has 0 spiro atoms. The highest BCUT2D eigenvalue weighted by Crippen LogP contribution is 2.42. The van der Waals surface area contributed by atoms with Gasteiger partial charge < -0.3 is 13.8 Å². The molecule has 0 amide bonds. The first kappa shape index (κ1) is 19.4. The lowest BCUT2D eigenvalue weighted by molar-refractivity contribution is -0.161. The molecule has 0 bridgehead atoms. The molecule has 1 atom stereocenters. The van der Waals surface area contributed by atoms with Crippen LogP contribution >= 0.6 is 0 Å². The quantitative estimate of drug-likeness (QED) is 0.550. The number of hydrogen-bond acceptors (Lipinski definition) is 4. The van der Waals surface area contributed by atoms with Gasteiger partial charge in [-0.2, -0.15) is 13.2 Å². The highest BCUT2D eigenvalue weighted by molar-refractivity contribution is 6.53. The zero-order valence-corrected chi connectivity index (χ0v) is 15.2. The Labute approximate surface area is 150 Å². The number of halogens is 4. The number of rotatable bonds is 5. The summed E-state index contributed by atoms with van der Waals surface area (Å²) in [6.07, 6.45) is -2.69. The minimum absolute atomic E-state index is 0.159. The first-order valence-electron chi connectivity index (χ1n) is 8.64. The molecule has 3 rings (SSSR count). The molecule has 1 aromatic heterocycles. The van der Waals surface area contributed by atoms with Crippen LogP contribution in [-0.4, -0.2) is 29.7 Å². The van der Waals surface area contributed by atoms with Crippen molar-refractivity contribution in [2.75, 3.05) is 0 Å². The lowest BCUT2D eigenvalue weighted by Crippen LogP contribution is -2.41. The molecule has 4 nitrogen and oxygen atoms in total. The molecule has 1 saturated carbocycles. The van der Waals surface area contributed by atoms with Crippen molar-refractivity contribution in [3.63, 3.8) is 0 Å². The molecule has 1 unspecified atom stereocenters. The Kier molecular flexibility index (Phi) is 4.76. The summed E-state index contributed by atoms with van der Waals surface area (Å²) in [4.78, 5) is 0. The van der Waals surface area contributed by atoms with Crippen LogP contribution in [0.2, 0.25) is 0 Å². The summed E-state index contributed by atoms with van der Waals surface area (Å²) in [6.45, 7) is 6.82. The van der Waals surface area contributed by atoms with Crippen LogP contribution in [0.3, 0.4) is 0 Å². The van der Waals surface area contributed by atoms with Gasteiger partial charge in [0.2, 0.25) is 0 Å². The summed E-state index contributed by atoms with van der Waals surface area (Å²) in [5.74, 6) is -1.20. The molecule has 0 aromatic carbocycles. The second-order valence-corrected chi connectivity index (χ2v) is 7.99. The van der Waals surface area contributed by atoms with E-state index in [0.717, 1.165) is 12.8 Å². The first-order valence-corrected chi connectivity index (χ1v) is 8.64. The van der Waals surface area contributed by atoms with Gasteiger partial charge in [-0.05, 0) is 46.6 Å². The van der Waals surface area contributed by atoms with Crippen LogP contribution in [0.4, 0.5) is 17.6 Å². The van der Waals surface area contributed by atoms with Gasteiger partial charge in [-0.1, -0.05) is 5.16 Å². The molecule has 9 heteroatoms. The van der Waals surface area contributed by atoms with E-state index in [2.05, 4.69) is 5.16 Å². The smallest absolute Gasteiger partial charge is 0.398 e. The van der Waals surface area contributed by atoms with Gasteiger partial charge in [-0.25, -0.2) is 4.39 Å². The minimum Gasteiger partial charge on any atom is -0.398 e. The molecule has 2 heterocycles. The Morgan fingerprint density at radius 2 is 1.85 bits per heavy atom. The van der Waals surface area contributed by atoms with Gasteiger partial charge in [0.25, 0.3) is 0 Å². The average molecular weight is 375 g/mol. The van der Waals surface area contributed by atoms with E-state index in [1.807, 2.05) is 0 Å². The maximum atomic E-state index is 14.5. The van der Waals surface area contributed by atoms with Crippen LogP contribution < -0.4 is 0 Å². The summed E-state index contributed by atoms with van der Waals surface area (Å²) in [7, 11) is -1.45. The van der Waals surface area contributed by atoms with Gasteiger partial charge in [0.05, 0.1) is 22.8 Å². The van der Waals surface area contributed by atoms with Gasteiger partial charge in [-0.3, -0.25) is 0 Å². The Bertz CT molecular complexity index is 678. The molecule has 2 fully saturated rings. The van der Waals surface area contributed by atoms with Crippen molar-refractivity contribution >= 4 is 7.12 Å². The van der Waals surface area contributed by atoms with Gasteiger partial charge in [-0.15, -0.1) is 0 Å². The summed E-state index contributed by atoms with van der Waals surface area (Å²) in [5.41, 5.74) is -2.59. The molecular weight excluding hydrogens is 353 g/mol. The van der Waals surface area contributed by atoms with E-state index in [4.69, 9.17) is 13.8 Å². The maximum Gasteiger partial charge on any atom is 0.524 e. The number of allylic oxidation sites excluding steroid dienone is 1. The highest BCUT2D eigenvalue weighted by atomic mass is 19.4. The lowest BCUT2D eigenvalue weighted by Gasteiger charge is -2.32. The molecule has 26 heavy (non-hydrogen) atoms. The average Bonchev–Trinajstić information content (AvgIpc) is 3.18. The van der Waals surface area contributed by atoms with E-state index in [9.17, 15) is 17.6 Å². The summed E-state index contributed by atoms with van der Waals surface area (Å²) < 4.78 is 70.7. The summed E-state index contributed by atoms with van der Waals surface area (Å²) in [6, 6.07) is 1.52. The number of aromatic nitrogens is 1. The van der Waals surface area contributed by atoms with Crippen molar-refractivity contribution in [1.82, 2.24) is 5.16 Å². The van der Waals surface area contributed by atoms with Crippen molar-refractivity contribution in [3.05, 3.63) is 29.3 Å². The Morgan fingerprint density at radius 3 is 2.35 bits per heavy atom. The molecule has 0 N–H and O–H groups in total.